The van der Waals surface area contributed by atoms with E-state index in [-0.39, 0.29) is 12.1 Å². The van der Waals surface area contributed by atoms with E-state index in [0.29, 0.717) is 18.9 Å². The van der Waals surface area contributed by atoms with Crippen molar-refractivity contribution in [3.8, 4) is 0 Å². The van der Waals surface area contributed by atoms with Gasteiger partial charge in [0.25, 0.3) is 0 Å². The van der Waals surface area contributed by atoms with Crippen LogP contribution in [-0.4, -0.2) is 40.4 Å². The molecule has 3 atom stereocenters. The molecule has 0 radical (unpaired) electrons. The molecular formula is C20H31NO3. The lowest BCUT2D eigenvalue weighted by Crippen LogP contribution is -2.53. The molecule has 2 rings (SSSR count). The highest BCUT2D eigenvalue weighted by atomic mass is 16.6. The van der Waals surface area contributed by atoms with Crippen LogP contribution in [-0.2, 0) is 11.2 Å². The summed E-state index contributed by atoms with van der Waals surface area (Å²) in [4.78, 5) is 14.2. The van der Waals surface area contributed by atoms with Crippen LogP contribution < -0.4 is 0 Å². The van der Waals surface area contributed by atoms with Crippen molar-refractivity contribution in [1.29, 1.82) is 0 Å². The zero-order chi connectivity index (χ0) is 17.7. The van der Waals surface area contributed by atoms with Crippen LogP contribution in [0.15, 0.2) is 30.3 Å². The molecule has 1 unspecified atom stereocenters. The number of hydrogen-bond donors (Lipinski definition) is 1. The van der Waals surface area contributed by atoms with Crippen LogP contribution in [0.3, 0.4) is 0 Å². The Balaban J connectivity index is 2.05. The fourth-order valence-electron chi connectivity index (χ4n) is 3.39. The Morgan fingerprint density at radius 2 is 2.00 bits per heavy atom. The van der Waals surface area contributed by atoms with Gasteiger partial charge < -0.3 is 14.7 Å². The standard InChI is InChI=1S/C20H31NO3/c1-5-18(22)17-14-16(13-15-9-7-6-8-10-15)11-12-21(17)19(23)24-20(2,3)4/h6-10,16-18,22H,5,11-14H2,1-4H3/t16?,17-,18-/m1/s1. The molecule has 1 heterocycles. The maximum absolute atomic E-state index is 12.5. The van der Waals surface area contributed by atoms with Crippen LogP contribution in [0.4, 0.5) is 4.79 Å². The molecule has 1 amide bonds. The third-order valence-electron chi connectivity index (χ3n) is 4.61. The molecule has 4 heteroatoms. The molecule has 4 nitrogen and oxygen atoms in total. The minimum Gasteiger partial charge on any atom is -0.444 e. The summed E-state index contributed by atoms with van der Waals surface area (Å²) < 4.78 is 5.53. The molecular weight excluding hydrogens is 302 g/mol. The first-order valence-electron chi connectivity index (χ1n) is 9.01. The summed E-state index contributed by atoms with van der Waals surface area (Å²) >= 11 is 0. The lowest BCUT2D eigenvalue weighted by molar-refractivity contribution is -0.0251. The van der Waals surface area contributed by atoms with E-state index in [2.05, 4.69) is 24.3 Å². The summed E-state index contributed by atoms with van der Waals surface area (Å²) in [6, 6.07) is 10.3. The molecule has 0 aliphatic carbocycles. The average Bonchev–Trinajstić information content (AvgIpc) is 2.53. The van der Waals surface area contributed by atoms with Crippen LogP contribution in [0.1, 0.15) is 52.5 Å². The summed E-state index contributed by atoms with van der Waals surface area (Å²) in [5, 5.41) is 10.4. The number of nitrogens with zero attached hydrogens (tertiary/aromatic N) is 1. The minimum atomic E-state index is -0.514. The highest BCUT2D eigenvalue weighted by molar-refractivity contribution is 5.68. The predicted octanol–water partition coefficient (Wildman–Crippen LogP) is 4.02. The Hall–Kier alpha value is -1.55. The van der Waals surface area contributed by atoms with Crippen LogP contribution in [0.5, 0.6) is 0 Å². The van der Waals surface area contributed by atoms with Crippen molar-refractivity contribution in [2.24, 2.45) is 5.92 Å². The quantitative estimate of drug-likeness (QED) is 0.905. The zero-order valence-electron chi connectivity index (χ0n) is 15.4. The van der Waals surface area contributed by atoms with Gasteiger partial charge in [-0.1, -0.05) is 37.3 Å². The largest absolute Gasteiger partial charge is 0.444 e. The van der Waals surface area contributed by atoms with Gasteiger partial charge in [-0.05, 0) is 57.9 Å². The van der Waals surface area contributed by atoms with E-state index in [1.54, 1.807) is 4.90 Å². The van der Waals surface area contributed by atoms with E-state index in [4.69, 9.17) is 4.74 Å². The highest BCUT2D eigenvalue weighted by Gasteiger charge is 2.37. The number of aliphatic hydroxyl groups is 1. The lowest BCUT2D eigenvalue weighted by Gasteiger charge is -2.42. The molecule has 0 spiro atoms. The number of piperidine rings is 1. The molecule has 0 aromatic heterocycles. The highest BCUT2D eigenvalue weighted by Crippen LogP contribution is 2.30. The van der Waals surface area contributed by atoms with Gasteiger partial charge in [-0.2, -0.15) is 0 Å². The van der Waals surface area contributed by atoms with Crippen molar-refractivity contribution in [2.45, 2.75) is 71.1 Å². The van der Waals surface area contributed by atoms with Gasteiger partial charge in [0.05, 0.1) is 12.1 Å². The number of hydrogen-bond acceptors (Lipinski definition) is 3. The number of benzene rings is 1. The SMILES string of the molecule is CC[C@@H](O)[C@H]1CC(Cc2ccccc2)CCN1C(=O)OC(C)(C)C. The Labute approximate surface area is 145 Å². The molecule has 1 aliphatic rings. The van der Waals surface area contributed by atoms with Crippen molar-refractivity contribution >= 4 is 6.09 Å². The zero-order valence-corrected chi connectivity index (χ0v) is 15.4. The monoisotopic (exact) mass is 333 g/mol. The van der Waals surface area contributed by atoms with Crippen LogP contribution in [0.2, 0.25) is 0 Å². The van der Waals surface area contributed by atoms with Gasteiger partial charge in [0.1, 0.15) is 5.60 Å². The van der Waals surface area contributed by atoms with Crippen molar-refractivity contribution in [3.63, 3.8) is 0 Å². The summed E-state index contributed by atoms with van der Waals surface area (Å²) in [7, 11) is 0. The van der Waals surface area contributed by atoms with Gasteiger partial charge in [0.2, 0.25) is 0 Å². The molecule has 24 heavy (non-hydrogen) atoms. The van der Waals surface area contributed by atoms with Gasteiger partial charge in [-0.15, -0.1) is 0 Å². The first-order valence-corrected chi connectivity index (χ1v) is 9.01. The maximum atomic E-state index is 12.5. The second-order valence-corrected chi connectivity index (χ2v) is 7.80. The van der Waals surface area contributed by atoms with Crippen molar-refractivity contribution in [3.05, 3.63) is 35.9 Å². The second-order valence-electron chi connectivity index (χ2n) is 7.80. The minimum absolute atomic E-state index is 0.160. The third-order valence-corrected chi connectivity index (χ3v) is 4.61. The van der Waals surface area contributed by atoms with E-state index in [9.17, 15) is 9.90 Å². The van der Waals surface area contributed by atoms with Gasteiger partial charge in [0.15, 0.2) is 0 Å². The molecule has 1 N–H and O–H groups in total. The van der Waals surface area contributed by atoms with E-state index >= 15 is 0 Å². The lowest BCUT2D eigenvalue weighted by atomic mass is 9.84. The number of carbonyl (C=O) groups is 1. The number of rotatable bonds is 4. The normalized spacial score (nSPS) is 23.0. The van der Waals surface area contributed by atoms with Gasteiger partial charge >= 0.3 is 6.09 Å². The molecule has 1 aromatic rings. The number of ether oxygens (including phenoxy) is 1. The predicted molar refractivity (Wildman–Crippen MR) is 95.9 cm³/mol. The van der Waals surface area contributed by atoms with E-state index in [0.717, 1.165) is 19.3 Å². The number of amides is 1. The topological polar surface area (TPSA) is 49.8 Å². The second kappa shape index (κ2) is 8.02. The summed E-state index contributed by atoms with van der Waals surface area (Å²) in [5.41, 5.74) is 0.803. The smallest absolute Gasteiger partial charge is 0.410 e. The van der Waals surface area contributed by atoms with Crippen LogP contribution >= 0.6 is 0 Å². The van der Waals surface area contributed by atoms with E-state index < -0.39 is 11.7 Å². The molecule has 1 fully saturated rings. The molecule has 1 saturated heterocycles. The first-order chi connectivity index (χ1) is 11.3. The number of aliphatic hydroxyl groups excluding tert-OH is 1. The maximum Gasteiger partial charge on any atom is 0.410 e. The third kappa shape index (κ3) is 5.23. The average molecular weight is 333 g/mol. The van der Waals surface area contributed by atoms with E-state index in [1.807, 2.05) is 33.8 Å². The fraction of sp³-hybridized carbons (Fsp3) is 0.650. The van der Waals surface area contributed by atoms with Crippen molar-refractivity contribution in [2.75, 3.05) is 6.54 Å². The first kappa shape index (κ1) is 18.8. The van der Waals surface area contributed by atoms with Gasteiger partial charge in [-0.25, -0.2) is 4.79 Å². The summed E-state index contributed by atoms with van der Waals surface area (Å²) in [6.07, 6.45) is 2.59. The fourth-order valence-corrected chi connectivity index (χ4v) is 3.39. The molecule has 1 aliphatic heterocycles. The molecule has 134 valence electrons. The molecule has 1 aromatic carbocycles. The van der Waals surface area contributed by atoms with E-state index in [1.165, 1.54) is 5.56 Å². The Bertz CT molecular complexity index is 523. The molecule has 0 bridgehead atoms. The van der Waals surface area contributed by atoms with Crippen molar-refractivity contribution < 1.29 is 14.6 Å². The summed E-state index contributed by atoms with van der Waals surface area (Å²) in [5.74, 6) is 0.484. The Morgan fingerprint density at radius 3 is 2.58 bits per heavy atom. The van der Waals surface area contributed by atoms with Gasteiger partial charge in [0, 0.05) is 6.54 Å². The Morgan fingerprint density at radius 1 is 1.33 bits per heavy atom. The van der Waals surface area contributed by atoms with Crippen LogP contribution in [0, 0.1) is 5.92 Å². The number of carbonyl (C=O) groups excluding carboxylic acids is 1. The van der Waals surface area contributed by atoms with Crippen LogP contribution in [0.25, 0.3) is 0 Å². The summed E-state index contributed by atoms with van der Waals surface area (Å²) in [6.45, 7) is 8.22. The molecule has 0 saturated carbocycles. The Kier molecular flexibility index (Phi) is 6.27. The number of likely N-dealkylation sites (tertiary alicyclic amines) is 1. The van der Waals surface area contributed by atoms with Crippen molar-refractivity contribution in [1.82, 2.24) is 4.90 Å². The van der Waals surface area contributed by atoms with Gasteiger partial charge in [-0.3, -0.25) is 0 Å².